The number of aromatic nitrogens is 2. The summed E-state index contributed by atoms with van der Waals surface area (Å²) in [6.45, 7) is 2.98. The minimum atomic E-state index is -0.158. The van der Waals surface area contributed by atoms with Crippen LogP contribution in [0.1, 0.15) is 24.0 Å². The van der Waals surface area contributed by atoms with Gasteiger partial charge in [-0.3, -0.25) is 9.58 Å². The summed E-state index contributed by atoms with van der Waals surface area (Å²) in [6, 6.07) is 13.2. The van der Waals surface area contributed by atoms with E-state index in [0.717, 1.165) is 42.5 Å². The lowest BCUT2D eigenvalue weighted by molar-refractivity contribution is 0.203. The Morgan fingerprint density at radius 3 is 2.67 bits per heavy atom. The molecule has 2 aromatic carbocycles. The number of nitrogens with zero attached hydrogens (tertiary/aromatic N) is 3. The molecule has 0 unspecified atom stereocenters. The first kappa shape index (κ1) is 17.8. The molecule has 1 aromatic heterocycles. The van der Waals surface area contributed by atoms with Crippen LogP contribution in [0.5, 0.6) is 0 Å². The molecule has 27 heavy (non-hydrogen) atoms. The number of benzene rings is 2. The summed E-state index contributed by atoms with van der Waals surface area (Å²) >= 11 is 0. The summed E-state index contributed by atoms with van der Waals surface area (Å²) < 4.78 is 14.9. The molecule has 0 amide bonds. The maximum atomic E-state index is 13.0. The van der Waals surface area contributed by atoms with E-state index in [0.29, 0.717) is 5.92 Å². The minimum Gasteiger partial charge on any atom is -0.292 e. The third-order valence-corrected chi connectivity index (χ3v) is 5.43. The number of hydrogen-bond acceptors (Lipinski definition) is 2. The molecule has 0 N–H and O–H groups in total. The van der Waals surface area contributed by atoms with Gasteiger partial charge in [-0.2, -0.15) is 5.10 Å². The molecule has 0 atom stereocenters. The van der Waals surface area contributed by atoms with E-state index in [2.05, 4.69) is 40.0 Å². The normalized spacial score (nSPS) is 15.6. The monoisotopic (exact) mass is 361 g/mol. The number of likely N-dealkylation sites (tertiary alicyclic amines) is 1. The fourth-order valence-corrected chi connectivity index (χ4v) is 3.80. The Balaban J connectivity index is 1.28. The zero-order valence-electron chi connectivity index (χ0n) is 15.7. The molecule has 4 heteroatoms. The zero-order valence-corrected chi connectivity index (χ0v) is 15.7. The first-order valence-corrected chi connectivity index (χ1v) is 9.55. The van der Waals surface area contributed by atoms with Crippen LogP contribution in [0.4, 0.5) is 4.39 Å². The Bertz CT molecular complexity index is 970. The van der Waals surface area contributed by atoms with Crippen molar-refractivity contribution in [3.8, 4) is 11.8 Å². The SMILES string of the molecule is Cn1ncc2cc(C#CCN3CCC(Cc4ccc(F)cc4)CC3)ccc21. The molecule has 2 heterocycles. The number of hydrogen-bond donors (Lipinski definition) is 0. The first-order valence-electron chi connectivity index (χ1n) is 9.55. The van der Waals surface area contributed by atoms with Crippen molar-refractivity contribution in [2.75, 3.05) is 19.6 Å². The third kappa shape index (κ3) is 4.37. The lowest BCUT2D eigenvalue weighted by atomic mass is 9.90. The smallest absolute Gasteiger partial charge is 0.123 e. The molecule has 0 aliphatic carbocycles. The highest BCUT2D eigenvalue weighted by molar-refractivity contribution is 5.80. The second-order valence-electron chi connectivity index (χ2n) is 7.39. The largest absolute Gasteiger partial charge is 0.292 e. The number of fused-ring (bicyclic) bond motifs is 1. The van der Waals surface area contributed by atoms with Gasteiger partial charge in [0.05, 0.1) is 18.3 Å². The van der Waals surface area contributed by atoms with Crippen LogP contribution in [-0.2, 0) is 13.5 Å². The fourth-order valence-electron chi connectivity index (χ4n) is 3.80. The van der Waals surface area contributed by atoms with E-state index in [1.54, 1.807) is 12.1 Å². The molecule has 3 nitrogen and oxygen atoms in total. The molecule has 1 aliphatic heterocycles. The third-order valence-electron chi connectivity index (χ3n) is 5.43. The van der Waals surface area contributed by atoms with Crippen molar-refractivity contribution in [3.63, 3.8) is 0 Å². The van der Waals surface area contributed by atoms with Crippen LogP contribution in [-0.4, -0.2) is 34.3 Å². The Labute approximate surface area is 159 Å². The molecule has 138 valence electrons. The van der Waals surface area contributed by atoms with Crippen molar-refractivity contribution >= 4 is 10.9 Å². The van der Waals surface area contributed by atoms with Crippen LogP contribution < -0.4 is 0 Å². The second-order valence-corrected chi connectivity index (χ2v) is 7.39. The minimum absolute atomic E-state index is 0.158. The summed E-state index contributed by atoms with van der Waals surface area (Å²) in [5, 5.41) is 5.40. The standard InChI is InChI=1S/C23H24FN3/c1-26-23-9-6-18(16-21(23)17-25-26)3-2-12-27-13-10-20(11-14-27)15-19-4-7-22(24)8-5-19/h4-9,16-17,20H,10-15H2,1H3. The number of rotatable bonds is 3. The van der Waals surface area contributed by atoms with Crippen molar-refractivity contribution in [2.24, 2.45) is 13.0 Å². The number of halogens is 1. The van der Waals surface area contributed by atoms with Crippen LogP contribution in [0.15, 0.2) is 48.7 Å². The van der Waals surface area contributed by atoms with Crippen molar-refractivity contribution in [3.05, 3.63) is 65.6 Å². The number of piperidine rings is 1. The van der Waals surface area contributed by atoms with Crippen LogP contribution in [0.3, 0.4) is 0 Å². The van der Waals surface area contributed by atoms with E-state index in [1.807, 2.05) is 30.1 Å². The highest BCUT2D eigenvalue weighted by Crippen LogP contribution is 2.21. The second kappa shape index (κ2) is 7.94. The predicted molar refractivity (Wildman–Crippen MR) is 107 cm³/mol. The lowest BCUT2D eigenvalue weighted by Gasteiger charge is -2.30. The molecule has 4 rings (SSSR count). The van der Waals surface area contributed by atoms with E-state index in [9.17, 15) is 4.39 Å². The highest BCUT2D eigenvalue weighted by atomic mass is 19.1. The van der Waals surface area contributed by atoms with E-state index < -0.39 is 0 Å². The average Bonchev–Trinajstić information content (AvgIpc) is 3.05. The van der Waals surface area contributed by atoms with Gasteiger partial charge >= 0.3 is 0 Å². The highest BCUT2D eigenvalue weighted by Gasteiger charge is 2.18. The molecule has 0 radical (unpaired) electrons. The summed E-state index contributed by atoms with van der Waals surface area (Å²) in [4.78, 5) is 2.43. The maximum absolute atomic E-state index is 13.0. The van der Waals surface area contributed by atoms with Gasteiger partial charge in [0.25, 0.3) is 0 Å². The molecule has 3 aromatic rings. The molecule has 1 fully saturated rings. The van der Waals surface area contributed by atoms with E-state index in [-0.39, 0.29) is 5.82 Å². The van der Waals surface area contributed by atoms with Crippen LogP contribution >= 0.6 is 0 Å². The van der Waals surface area contributed by atoms with Gasteiger partial charge in [-0.25, -0.2) is 4.39 Å². The van der Waals surface area contributed by atoms with Gasteiger partial charge in [-0.15, -0.1) is 0 Å². The summed E-state index contributed by atoms with van der Waals surface area (Å²) in [5.74, 6) is 7.14. The lowest BCUT2D eigenvalue weighted by Crippen LogP contribution is -2.34. The molecule has 0 saturated carbocycles. The van der Waals surface area contributed by atoms with Gasteiger partial charge in [0.2, 0.25) is 0 Å². The number of aryl methyl sites for hydroxylation is 1. The quantitative estimate of drug-likeness (QED) is 0.657. The van der Waals surface area contributed by atoms with Crippen molar-refractivity contribution in [2.45, 2.75) is 19.3 Å². The summed E-state index contributed by atoms with van der Waals surface area (Å²) in [5.41, 5.74) is 3.41. The Kier molecular flexibility index (Phi) is 5.22. The predicted octanol–water partition coefficient (Wildman–Crippen LogP) is 4.02. The Morgan fingerprint density at radius 1 is 1.11 bits per heavy atom. The average molecular weight is 361 g/mol. The van der Waals surface area contributed by atoms with Crippen molar-refractivity contribution in [1.29, 1.82) is 0 Å². The van der Waals surface area contributed by atoms with Crippen molar-refractivity contribution in [1.82, 2.24) is 14.7 Å². The van der Waals surface area contributed by atoms with Crippen LogP contribution in [0.25, 0.3) is 10.9 Å². The van der Waals surface area contributed by atoms with Crippen LogP contribution in [0.2, 0.25) is 0 Å². The molecular formula is C23H24FN3. The van der Waals surface area contributed by atoms with E-state index in [4.69, 9.17) is 0 Å². The molecule has 0 bridgehead atoms. The molecule has 1 saturated heterocycles. The first-order chi connectivity index (χ1) is 13.2. The van der Waals surface area contributed by atoms with Gasteiger partial charge in [0.1, 0.15) is 5.82 Å². The van der Waals surface area contributed by atoms with Gasteiger partial charge in [0.15, 0.2) is 0 Å². The van der Waals surface area contributed by atoms with Gasteiger partial charge in [0, 0.05) is 18.0 Å². The van der Waals surface area contributed by atoms with E-state index in [1.165, 1.54) is 18.4 Å². The Hall–Kier alpha value is -2.64. The van der Waals surface area contributed by atoms with Gasteiger partial charge in [-0.05, 0) is 74.2 Å². The van der Waals surface area contributed by atoms with Crippen molar-refractivity contribution < 1.29 is 4.39 Å². The van der Waals surface area contributed by atoms with Gasteiger partial charge < -0.3 is 0 Å². The summed E-state index contributed by atoms with van der Waals surface area (Å²) in [6.07, 6.45) is 5.29. The Morgan fingerprint density at radius 2 is 1.89 bits per heavy atom. The van der Waals surface area contributed by atoms with Gasteiger partial charge in [-0.1, -0.05) is 24.0 Å². The van der Waals surface area contributed by atoms with E-state index >= 15 is 0 Å². The maximum Gasteiger partial charge on any atom is 0.123 e. The fraction of sp³-hybridized carbons (Fsp3) is 0.348. The molecular weight excluding hydrogens is 337 g/mol. The topological polar surface area (TPSA) is 21.1 Å². The zero-order chi connectivity index (χ0) is 18.6. The van der Waals surface area contributed by atoms with Crippen LogP contribution in [0, 0.1) is 23.6 Å². The molecule has 0 spiro atoms. The molecule has 1 aliphatic rings. The summed E-state index contributed by atoms with van der Waals surface area (Å²) in [7, 11) is 1.95.